The number of hydrogen-bond donors (Lipinski definition) is 1. The lowest BCUT2D eigenvalue weighted by Crippen LogP contribution is -2.52. The topological polar surface area (TPSA) is 75.2 Å². The second-order valence-electron chi connectivity index (χ2n) is 6.35. The molecule has 1 N–H and O–H groups in total. The highest BCUT2D eigenvalue weighted by molar-refractivity contribution is 7.89. The molecule has 0 unspecified atom stereocenters. The van der Waals surface area contributed by atoms with Gasteiger partial charge in [-0.1, -0.05) is 18.2 Å². The second kappa shape index (κ2) is 6.94. The molecular formula is C18H20N4O2S2. The number of sulfonamides is 1. The number of thiophene rings is 1. The molecule has 4 rings (SSSR count). The minimum Gasteiger partial charge on any atom is -0.369 e. The van der Waals surface area contributed by atoms with E-state index in [4.69, 9.17) is 4.98 Å². The van der Waals surface area contributed by atoms with Crippen molar-refractivity contribution < 1.29 is 8.42 Å². The molecule has 6 nitrogen and oxygen atoms in total. The SMILES string of the molecule is CCS(=O)(=O)N1CC(CNc2nc(-c3cccs3)nc3ccccc23)C1. The van der Waals surface area contributed by atoms with E-state index >= 15 is 0 Å². The van der Waals surface area contributed by atoms with E-state index in [0.717, 1.165) is 21.6 Å². The molecule has 8 heteroatoms. The summed E-state index contributed by atoms with van der Waals surface area (Å²) in [7, 11) is -3.07. The third-order valence-electron chi connectivity index (χ3n) is 4.58. The van der Waals surface area contributed by atoms with Crippen LogP contribution in [0.15, 0.2) is 41.8 Å². The van der Waals surface area contributed by atoms with Gasteiger partial charge >= 0.3 is 0 Å². The van der Waals surface area contributed by atoms with Gasteiger partial charge < -0.3 is 5.32 Å². The molecule has 1 fully saturated rings. The van der Waals surface area contributed by atoms with Crippen LogP contribution in [0.5, 0.6) is 0 Å². The molecule has 0 atom stereocenters. The van der Waals surface area contributed by atoms with E-state index in [0.29, 0.717) is 31.4 Å². The Morgan fingerprint density at radius 1 is 1.19 bits per heavy atom. The summed E-state index contributed by atoms with van der Waals surface area (Å²) in [5, 5.41) is 6.40. The Hall–Kier alpha value is -2.03. The van der Waals surface area contributed by atoms with E-state index in [1.807, 2.05) is 41.8 Å². The summed E-state index contributed by atoms with van der Waals surface area (Å²) in [4.78, 5) is 10.4. The predicted octanol–water partition coefficient (Wildman–Crippen LogP) is 3.05. The summed E-state index contributed by atoms with van der Waals surface area (Å²) in [6.07, 6.45) is 0. The van der Waals surface area contributed by atoms with Crippen molar-refractivity contribution in [2.24, 2.45) is 5.92 Å². The van der Waals surface area contributed by atoms with Gasteiger partial charge in [-0.05, 0) is 30.5 Å². The average molecular weight is 389 g/mol. The van der Waals surface area contributed by atoms with E-state index in [9.17, 15) is 8.42 Å². The summed E-state index contributed by atoms with van der Waals surface area (Å²) in [5.74, 6) is 1.98. The molecule has 26 heavy (non-hydrogen) atoms. The van der Waals surface area contributed by atoms with Crippen molar-refractivity contribution in [1.29, 1.82) is 0 Å². The van der Waals surface area contributed by atoms with Gasteiger partial charge in [-0.3, -0.25) is 0 Å². The van der Waals surface area contributed by atoms with Crippen LogP contribution >= 0.6 is 11.3 Å². The summed E-state index contributed by atoms with van der Waals surface area (Å²) in [6.45, 7) is 3.52. The summed E-state index contributed by atoms with van der Waals surface area (Å²) < 4.78 is 25.2. The molecule has 1 aliphatic heterocycles. The first kappa shape index (κ1) is 17.4. The van der Waals surface area contributed by atoms with Crippen molar-refractivity contribution in [2.45, 2.75) is 6.92 Å². The maximum atomic E-state index is 11.8. The molecule has 3 heterocycles. The highest BCUT2D eigenvalue weighted by Gasteiger charge is 2.34. The fourth-order valence-corrected chi connectivity index (χ4v) is 4.93. The van der Waals surface area contributed by atoms with Crippen LogP contribution in [0.25, 0.3) is 21.6 Å². The Labute approximate surface area is 157 Å². The smallest absolute Gasteiger partial charge is 0.213 e. The molecule has 0 bridgehead atoms. The van der Waals surface area contributed by atoms with Crippen LogP contribution in [0, 0.1) is 5.92 Å². The molecule has 0 radical (unpaired) electrons. The lowest BCUT2D eigenvalue weighted by molar-refractivity contribution is 0.212. The largest absolute Gasteiger partial charge is 0.369 e. The zero-order chi connectivity index (χ0) is 18.1. The van der Waals surface area contributed by atoms with Gasteiger partial charge in [0.2, 0.25) is 10.0 Å². The highest BCUT2D eigenvalue weighted by Crippen LogP contribution is 2.28. The Morgan fingerprint density at radius 2 is 2.00 bits per heavy atom. The van der Waals surface area contributed by atoms with Gasteiger partial charge in [0.1, 0.15) is 5.82 Å². The fourth-order valence-electron chi connectivity index (χ4n) is 3.03. The first-order valence-corrected chi connectivity index (χ1v) is 11.1. The van der Waals surface area contributed by atoms with Crippen LogP contribution in [0.1, 0.15) is 6.92 Å². The van der Waals surface area contributed by atoms with E-state index in [-0.39, 0.29) is 5.75 Å². The van der Waals surface area contributed by atoms with Gasteiger partial charge in [0.05, 0.1) is 16.1 Å². The Bertz CT molecular complexity index is 1010. The Morgan fingerprint density at radius 3 is 2.73 bits per heavy atom. The Balaban J connectivity index is 1.53. The van der Waals surface area contributed by atoms with E-state index < -0.39 is 10.0 Å². The number of nitrogens with zero attached hydrogens (tertiary/aromatic N) is 3. The molecule has 3 aromatic rings. The number of anilines is 1. The normalized spacial score (nSPS) is 15.9. The molecule has 0 saturated carbocycles. The van der Waals surface area contributed by atoms with Crippen molar-refractivity contribution in [2.75, 3.05) is 30.7 Å². The predicted molar refractivity (Wildman–Crippen MR) is 106 cm³/mol. The van der Waals surface area contributed by atoms with Gasteiger partial charge in [0.25, 0.3) is 0 Å². The van der Waals surface area contributed by atoms with Gasteiger partial charge in [0, 0.05) is 30.9 Å². The lowest BCUT2D eigenvalue weighted by Gasteiger charge is -2.38. The summed E-state index contributed by atoms with van der Waals surface area (Å²) in [5.41, 5.74) is 0.900. The summed E-state index contributed by atoms with van der Waals surface area (Å²) in [6, 6.07) is 11.9. The number of nitrogens with one attached hydrogen (secondary N) is 1. The van der Waals surface area contributed by atoms with Crippen molar-refractivity contribution in [3.8, 4) is 10.7 Å². The molecule has 1 aromatic carbocycles. The van der Waals surface area contributed by atoms with Crippen molar-refractivity contribution in [3.63, 3.8) is 0 Å². The number of benzene rings is 1. The monoisotopic (exact) mass is 388 g/mol. The maximum absolute atomic E-state index is 11.8. The number of fused-ring (bicyclic) bond motifs is 1. The molecule has 0 spiro atoms. The van der Waals surface area contributed by atoms with E-state index in [2.05, 4.69) is 10.3 Å². The number of hydrogen-bond acceptors (Lipinski definition) is 6. The van der Waals surface area contributed by atoms with Crippen molar-refractivity contribution >= 4 is 38.1 Å². The first-order chi connectivity index (χ1) is 12.6. The standard InChI is InChI=1S/C18H20N4O2S2/c1-2-26(23,24)22-11-13(12-22)10-19-17-14-6-3-4-7-15(14)20-18(21-17)16-8-5-9-25-16/h3-9,13H,2,10-12H2,1H3,(H,19,20,21). The van der Waals surface area contributed by atoms with Gasteiger partial charge in [-0.15, -0.1) is 11.3 Å². The number of aromatic nitrogens is 2. The zero-order valence-electron chi connectivity index (χ0n) is 14.4. The molecular weight excluding hydrogens is 368 g/mol. The van der Waals surface area contributed by atoms with Crippen LogP contribution in [0.2, 0.25) is 0 Å². The average Bonchev–Trinajstić information content (AvgIpc) is 3.14. The molecule has 1 saturated heterocycles. The zero-order valence-corrected chi connectivity index (χ0v) is 16.1. The van der Waals surface area contributed by atoms with Crippen molar-refractivity contribution in [3.05, 3.63) is 41.8 Å². The van der Waals surface area contributed by atoms with Crippen LogP contribution < -0.4 is 5.32 Å². The quantitative estimate of drug-likeness (QED) is 0.702. The molecule has 0 aliphatic carbocycles. The molecule has 0 amide bonds. The second-order valence-corrected chi connectivity index (χ2v) is 9.56. The van der Waals surface area contributed by atoms with Crippen LogP contribution in [0.3, 0.4) is 0 Å². The molecule has 1 aliphatic rings. The Kier molecular flexibility index (Phi) is 4.64. The first-order valence-electron chi connectivity index (χ1n) is 8.59. The highest BCUT2D eigenvalue weighted by atomic mass is 32.2. The minimum atomic E-state index is -3.07. The maximum Gasteiger partial charge on any atom is 0.213 e. The number of rotatable bonds is 6. The lowest BCUT2D eigenvalue weighted by atomic mass is 10.0. The van der Waals surface area contributed by atoms with Crippen molar-refractivity contribution in [1.82, 2.24) is 14.3 Å². The van der Waals surface area contributed by atoms with Crippen LogP contribution in [-0.4, -0.2) is 48.1 Å². The van der Waals surface area contributed by atoms with Crippen LogP contribution in [-0.2, 0) is 10.0 Å². The third kappa shape index (κ3) is 3.32. The van der Waals surface area contributed by atoms with Gasteiger partial charge in [0.15, 0.2) is 5.82 Å². The fraction of sp³-hybridized carbons (Fsp3) is 0.333. The van der Waals surface area contributed by atoms with E-state index in [1.165, 1.54) is 0 Å². The molecule has 136 valence electrons. The third-order valence-corrected chi connectivity index (χ3v) is 7.27. The summed E-state index contributed by atoms with van der Waals surface area (Å²) >= 11 is 1.61. The van der Waals surface area contributed by atoms with Gasteiger partial charge in [-0.2, -0.15) is 0 Å². The molecule has 2 aromatic heterocycles. The number of para-hydroxylation sites is 1. The minimum absolute atomic E-state index is 0.161. The van der Waals surface area contributed by atoms with E-state index in [1.54, 1.807) is 22.6 Å². The van der Waals surface area contributed by atoms with Crippen LogP contribution in [0.4, 0.5) is 5.82 Å². The van der Waals surface area contributed by atoms with Gasteiger partial charge in [-0.25, -0.2) is 22.7 Å².